The zero-order valence-electron chi connectivity index (χ0n) is 11.5. The zero-order chi connectivity index (χ0) is 15.5. The van der Waals surface area contributed by atoms with E-state index in [-0.39, 0.29) is 29.5 Å². The molecular weight excluding hydrogens is 266 g/mol. The van der Waals surface area contributed by atoms with E-state index in [1.807, 2.05) is 0 Å². The summed E-state index contributed by atoms with van der Waals surface area (Å²) in [6, 6.07) is 3.31. The third-order valence-electron chi connectivity index (χ3n) is 3.17. The number of nitro benzene ring substituents is 1. The lowest BCUT2D eigenvalue weighted by molar-refractivity contribution is -0.384. The van der Waals surface area contributed by atoms with Crippen molar-refractivity contribution >= 4 is 11.7 Å². The maximum absolute atomic E-state index is 11.1. The highest BCUT2D eigenvalue weighted by atomic mass is 16.6. The fourth-order valence-corrected chi connectivity index (χ4v) is 1.32. The standard InChI is InChI=1S/C13H17NO6/c1-8(2)13(3,17)7-20-11-5-4-9(14(18)19)6-10(11)12(15)16/h4-6,8,17H,7H2,1-3H3,(H,15,16). The Labute approximate surface area is 116 Å². The van der Waals surface area contributed by atoms with Crippen LogP contribution >= 0.6 is 0 Å². The Morgan fingerprint density at radius 2 is 2.10 bits per heavy atom. The van der Waals surface area contributed by atoms with Gasteiger partial charge in [-0.05, 0) is 18.9 Å². The molecule has 2 N–H and O–H groups in total. The first-order chi connectivity index (χ1) is 9.15. The Morgan fingerprint density at radius 1 is 1.50 bits per heavy atom. The highest BCUT2D eigenvalue weighted by Crippen LogP contribution is 2.26. The van der Waals surface area contributed by atoms with Gasteiger partial charge in [0.2, 0.25) is 0 Å². The number of carboxylic acid groups (broad SMARTS) is 1. The fourth-order valence-electron chi connectivity index (χ4n) is 1.32. The van der Waals surface area contributed by atoms with Crippen LogP contribution in [-0.2, 0) is 0 Å². The molecule has 0 bridgehead atoms. The molecule has 0 aromatic heterocycles. The lowest BCUT2D eigenvalue weighted by Gasteiger charge is -2.27. The molecule has 0 aliphatic heterocycles. The number of hydrogen-bond donors (Lipinski definition) is 2. The maximum atomic E-state index is 11.1. The van der Waals surface area contributed by atoms with Gasteiger partial charge in [0.1, 0.15) is 17.9 Å². The Kier molecular flexibility index (Phi) is 4.67. The number of aromatic carboxylic acids is 1. The number of rotatable bonds is 6. The molecule has 0 fully saturated rings. The van der Waals surface area contributed by atoms with Gasteiger partial charge in [-0.2, -0.15) is 0 Å². The molecule has 1 aromatic rings. The SMILES string of the molecule is CC(C)C(C)(O)COc1ccc([N+](=O)[O-])cc1C(=O)O. The minimum atomic E-state index is -1.33. The van der Waals surface area contributed by atoms with Crippen LogP contribution in [0.5, 0.6) is 5.75 Å². The van der Waals surface area contributed by atoms with Gasteiger partial charge in [-0.15, -0.1) is 0 Å². The van der Waals surface area contributed by atoms with Crippen LogP contribution < -0.4 is 4.74 Å². The molecule has 1 atom stereocenters. The summed E-state index contributed by atoms with van der Waals surface area (Å²) in [6.07, 6.45) is 0. The van der Waals surface area contributed by atoms with Crippen molar-refractivity contribution in [3.63, 3.8) is 0 Å². The van der Waals surface area contributed by atoms with Crippen molar-refractivity contribution in [2.45, 2.75) is 26.4 Å². The summed E-state index contributed by atoms with van der Waals surface area (Å²) < 4.78 is 5.31. The highest BCUT2D eigenvalue weighted by Gasteiger charge is 2.27. The van der Waals surface area contributed by atoms with Crippen LogP contribution in [0.3, 0.4) is 0 Å². The highest BCUT2D eigenvalue weighted by molar-refractivity contribution is 5.91. The molecule has 0 aliphatic carbocycles. The Morgan fingerprint density at radius 3 is 2.55 bits per heavy atom. The van der Waals surface area contributed by atoms with Crippen LogP contribution in [0.2, 0.25) is 0 Å². The summed E-state index contributed by atoms with van der Waals surface area (Å²) in [6.45, 7) is 5.07. The Balaban J connectivity index is 3.01. The average Bonchev–Trinajstić information content (AvgIpc) is 2.35. The number of nitro groups is 1. The molecule has 0 amide bonds. The largest absolute Gasteiger partial charge is 0.490 e. The molecule has 7 nitrogen and oxygen atoms in total. The lowest BCUT2D eigenvalue weighted by atomic mass is 9.94. The molecule has 1 aromatic carbocycles. The van der Waals surface area contributed by atoms with Crippen molar-refractivity contribution < 1.29 is 24.7 Å². The first-order valence-corrected chi connectivity index (χ1v) is 6.02. The summed E-state index contributed by atoms with van der Waals surface area (Å²) in [4.78, 5) is 21.0. The molecule has 1 unspecified atom stereocenters. The van der Waals surface area contributed by atoms with E-state index >= 15 is 0 Å². The van der Waals surface area contributed by atoms with Gasteiger partial charge in [0.25, 0.3) is 5.69 Å². The first-order valence-electron chi connectivity index (χ1n) is 6.02. The first kappa shape index (κ1) is 15.9. The van der Waals surface area contributed by atoms with Crippen molar-refractivity contribution in [3.8, 4) is 5.75 Å². The van der Waals surface area contributed by atoms with E-state index in [9.17, 15) is 20.0 Å². The van der Waals surface area contributed by atoms with Crippen LogP contribution in [0.4, 0.5) is 5.69 Å². The molecule has 0 saturated carbocycles. The molecule has 1 rings (SSSR count). The number of ether oxygens (including phenoxy) is 1. The maximum Gasteiger partial charge on any atom is 0.339 e. The number of carboxylic acids is 1. The molecule has 7 heteroatoms. The van der Waals surface area contributed by atoms with Gasteiger partial charge in [-0.3, -0.25) is 10.1 Å². The van der Waals surface area contributed by atoms with E-state index < -0.39 is 16.5 Å². The average molecular weight is 283 g/mol. The van der Waals surface area contributed by atoms with Crippen molar-refractivity contribution in [3.05, 3.63) is 33.9 Å². The van der Waals surface area contributed by atoms with Gasteiger partial charge < -0.3 is 14.9 Å². The molecule has 0 radical (unpaired) electrons. The number of hydrogen-bond acceptors (Lipinski definition) is 5. The van der Waals surface area contributed by atoms with Crippen LogP contribution in [0.1, 0.15) is 31.1 Å². The summed E-state index contributed by atoms with van der Waals surface area (Å²) in [5, 5.41) is 29.7. The quantitative estimate of drug-likeness (QED) is 0.611. The zero-order valence-corrected chi connectivity index (χ0v) is 11.5. The van der Waals surface area contributed by atoms with Crippen LogP contribution in [-0.4, -0.2) is 33.3 Å². The number of aliphatic hydroxyl groups is 1. The molecule has 20 heavy (non-hydrogen) atoms. The molecule has 110 valence electrons. The molecule has 0 spiro atoms. The predicted octanol–water partition coefficient (Wildman–Crippen LogP) is 2.08. The second-order valence-corrected chi connectivity index (χ2v) is 5.04. The van der Waals surface area contributed by atoms with Crippen molar-refractivity contribution in [2.75, 3.05) is 6.61 Å². The van der Waals surface area contributed by atoms with E-state index in [1.54, 1.807) is 20.8 Å². The van der Waals surface area contributed by atoms with E-state index in [2.05, 4.69) is 0 Å². The molecule has 0 heterocycles. The second-order valence-electron chi connectivity index (χ2n) is 5.04. The number of benzene rings is 1. The summed E-state index contributed by atoms with van der Waals surface area (Å²) >= 11 is 0. The van der Waals surface area contributed by atoms with Gasteiger partial charge in [0.15, 0.2) is 0 Å². The van der Waals surface area contributed by atoms with Crippen LogP contribution in [0, 0.1) is 16.0 Å². The monoisotopic (exact) mass is 283 g/mol. The van der Waals surface area contributed by atoms with Crippen LogP contribution in [0.15, 0.2) is 18.2 Å². The molecular formula is C13H17NO6. The smallest absolute Gasteiger partial charge is 0.339 e. The van der Waals surface area contributed by atoms with E-state index in [1.165, 1.54) is 6.07 Å². The van der Waals surface area contributed by atoms with Gasteiger partial charge in [-0.1, -0.05) is 13.8 Å². The van der Waals surface area contributed by atoms with Gasteiger partial charge in [0.05, 0.1) is 10.5 Å². The predicted molar refractivity (Wildman–Crippen MR) is 71.0 cm³/mol. The summed E-state index contributed by atoms with van der Waals surface area (Å²) in [5.41, 5.74) is -1.76. The van der Waals surface area contributed by atoms with Crippen molar-refractivity contribution in [2.24, 2.45) is 5.92 Å². The summed E-state index contributed by atoms with van der Waals surface area (Å²) in [7, 11) is 0. The van der Waals surface area contributed by atoms with Crippen LogP contribution in [0.25, 0.3) is 0 Å². The van der Waals surface area contributed by atoms with Gasteiger partial charge >= 0.3 is 5.97 Å². The molecule has 0 saturated heterocycles. The Bertz CT molecular complexity index is 524. The normalized spacial score (nSPS) is 13.8. The third kappa shape index (κ3) is 3.67. The third-order valence-corrected chi connectivity index (χ3v) is 3.17. The number of non-ortho nitro benzene ring substituents is 1. The lowest BCUT2D eigenvalue weighted by Crippen LogP contribution is -2.38. The van der Waals surface area contributed by atoms with E-state index in [0.29, 0.717) is 0 Å². The van der Waals surface area contributed by atoms with E-state index in [0.717, 1.165) is 12.1 Å². The molecule has 0 aliphatic rings. The number of nitrogens with zero attached hydrogens (tertiary/aromatic N) is 1. The number of carbonyl (C=O) groups is 1. The second kappa shape index (κ2) is 5.87. The Hall–Kier alpha value is -2.15. The van der Waals surface area contributed by atoms with Crippen molar-refractivity contribution in [1.29, 1.82) is 0 Å². The van der Waals surface area contributed by atoms with E-state index in [4.69, 9.17) is 9.84 Å². The topological polar surface area (TPSA) is 110 Å². The van der Waals surface area contributed by atoms with Gasteiger partial charge in [0, 0.05) is 12.1 Å². The fraction of sp³-hybridized carbons (Fsp3) is 0.462. The summed E-state index contributed by atoms with van der Waals surface area (Å²) in [5.74, 6) is -1.43. The van der Waals surface area contributed by atoms with Crippen molar-refractivity contribution in [1.82, 2.24) is 0 Å². The van der Waals surface area contributed by atoms with Gasteiger partial charge in [-0.25, -0.2) is 4.79 Å². The minimum Gasteiger partial charge on any atom is -0.490 e. The minimum absolute atomic E-state index is 0.0102.